The summed E-state index contributed by atoms with van der Waals surface area (Å²) < 4.78 is 0. The highest BCUT2D eigenvalue weighted by Crippen LogP contribution is 1.65. The zero-order valence-corrected chi connectivity index (χ0v) is 6.83. The molecule has 3 nitrogen and oxygen atoms in total. The van der Waals surface area contributed by atoms with E-state index in [9.17, 15) is 0 Å². The topological polar surface area (TPSA) is 48.6 Å². The molecular formula is C7H15N3. The van der Waals surface area contributed by atoms with E-state index in [0.29, 0.717) is 0 Å². The molecule has 0 heterocycles. The second-order valence-electron chi connectivity index (χ2n) is 1.13. The van der Waals surface area contributed by atoms with Crippen molar-refractivity contribution in [1.82, 2.24) is 0 Å². The van der Waals surface area contributed by atoms with Crippen LogP contribution in [-0.2, 0) is 0 Å². The van der Waals surface area contributed by atoms with Gasteiger partial charge in [-0.15, -0.1) is 0 Å². The van der Waals surface area contributed by atoms with Crippen LogP contribution < -0.4 is 0 Å². The summed E-state index contributed by atoms with van der Waals surface area (Å²) in [5.74, 6) is 0. The highest BCUT2D eigenvalue weighted by molar-refractivity contribution is 5.77. The molecule has 10 heavy (non-hydrogen) atoms. The van der Waals surface area contributed by atoms with Crippen molar-refractivity contribution >= 4 is 18.9 Å². The molecule has 0 aliphatic carbocycles. The van der Waals surface area contributed by atoms with Crippen LogP contribution in [0.25, 0.3) is 0 Å². The molecule has 0 fully saturated rings. The average Bonchev–Trinajstić information content (AvgIpc) is 2.02. The van der Waals surface area contributed by atoms with Gasteiger partial charge < -0.3 is 0 Å². The molecule has 0 aliphatic rings. The average molecular weight is 141 g/mol. The molecular weight excluding hydrogens is 126 g/mol. The lowest BCUT2D eigenvalue weighted by atomic mass is 10.5. The number of nitrogens with one attached hydrogen (secondary N) is 1. The van der Waals surface area contributed by atoms with Gasteiger partial charge in [-0.1, -0.05) is 20.8 Å². The van der Waals surface area contributed by atoms with Crippen molar-refractivity contribution in [2.45, 2.75) is 27.2 Å². The Hall–Kier alpha value is -0.990. The lowest BCUT2D eigenvalue weighted by Crippen LogP contribution is -1.69. The molecule has 0 saturated heterocycles. The zero-order valence-electron chi connectivity index (χ0n) is 6.83. The largest absolute Gasteiger partial charge is 0.289 e. The Morgan fingerprint density at radius 3 is 2.30 bits per heavy atom. The fourth-order valence-corrected chi connectivity index (χ4v) is 0.224. The highest BCUT2D eigenvalue weighted by atomic mass is 14.9. The van der Waals surface area contributed by atoms with E-state index in [2.05, 4.69) is 9.98 Å². The zero-order chi connectivity index (χ0) is 8.24. The van der Waals surface area contributed by atoms with Crippen molar-refractivity contribution < 1.29 is 0 Å². The SMILES string of the molecule is CC.CCC=NC=NC=N. The molecule has 1 N–H and O–H groups in total. The van der Waals surface area contributed by atoms with Gasteiger partial charge in [0.2, 0.25) is 0 Å². The molecule has 0 saturated carbocycles. The second kappa shape index (κ2) is 15.7. The number of nitrogens with zero attached hydrogens (tertiary/aromatic N) is 2. The molecule has 0 spiro atoms. The Morgan fingerprint density at radius 2 is 1.90 bits per heavy atom. The standard InChI is InChI=1S/C5H9N3.C2H6/c1-2-3-7-5-8-4-6;1-2/h3-6H,2H2,1H3;1-2H3. The van der Waals surface area contributed by atoms with Crippen LogP contribution in [0.2, 0.25) is 0 Å². The first-order chi connectivity index (χ1) is 4.91. The van der Waals surface area contributed by atoms with Crippen molar-refractivity contribution in [2.24, 2.45) is 9.98 Å². The monoisotopic (exact) mass is 141 g/mol. The second-order valence-corrected chi connectivity index (χ2v) is 1.13. The van der Waals surface area contributed by atoms with Crippen molar-refractivity contribution in [3.05, 3.63) is 0 Å². The van der Waals surface area contributed by atoms with Crippen LogP contribution in [0.15, 0.2) is 9.98 Å². The predicted molar refractivity (Wildman–Crippen MR) is 47.4 cm³/mol. The molecule has 0 aliphatic heterocycles. The molecule has 0 amide bonds. The van der Waals surface area contributed by atoms with E-state index >= 15 is 0 Å². The number of rotatable bonds is 3. The van der Waals surface area contributed by atoms with Gasteiger partial charge in [-0.25, -0.2) is 9.98 Å². The normalized spacial score (nSPS) is 9.50. The summed E-state index contributed by atoms with van der Waals surface area (Å²) in [6, 6.07) is 0. The van der Waals surface area contributed by atoms with E-state index in [-0.39, 0.29) is 0 Å². The van der Waals surface area contributed by atoms with Crippen LogP contribution >= 0.6 is 0 Å². The van der Waals surface area contributed by atoms with Crippen LogP contribution in [0.5, 0.6) is 0 Å². The van der Waals surface area contributed by atoms with Gasteiger partial charge in [-0.05, 0) is 6.42 Å². The van der Waals surface area contributed by atoms with E-state index in [1.807, 2.05) is 20.8 Å². The first kappa shape index (κ1) is 11.8. The summed E-state index contributed by atoms with van der Waals surface area (Å²) in [5, 5.41) is 6.44. The number of hydrogen-bond donors (Lipinski definition) is 1. The van der Waals surface area contributed by atoms with E-state index in [1.54, 1.807) is 6.21 Å². The Bertz CT molecular complexity index is 105. The van der Waals surface area contributed by atoms with Crippen LogP contribution in [0.3, 0.4) is 0 Å². The van der Waals surface area contributed by atoms with Crippen LogP contribution in [0, 0.1) is 5.41 Å². The van der Waals surface area contributed by atoms with Crippen molar-refractivity contribution in [3.8, 4) is 0 Å². The quantitative estimate of drug-likeness (QED) is 0.462. The lowest BCUT2D eigenvalue weighted by molar-refractivity contribution is 1.32. The molecule has 0 aromatic carbocycles. The third-order valence-electron chi connectivity index (χ3n) is 0.496. The third kappa shape index (κ3) is 15.7. The minimum atomic E-state index is 0.907. The van der Waals surface area contributed by atoms with Crippen molar-refractivity contribution in [2.75, 3.05) is 0 Å². The molecule has 0 rings (SSSR count). The van der Waals surface area contributed by atoms with Crippen LogP contribution in [0.1, 0.15) is 27.2 Å². The molecule has 0 bridgehead atoms. The summed E-state index contributed by atoms with van der Waals surface area (Å²) >= 11 is 0. The van der Waals surface area contributed by atoms with Gasteiger partial charge in [-0.2, -0.15) is 0 Å². The van der Waals surface area contributed by atoms with Gasteiger partial charge in [0.15, 0.2) is 0 Å². The van der Waals surface area contributed by atoms with Gasteiger partial charge >= 0.3 is 0 Å². The molecule has 0 radical (unpaired) electrons. The number of aliphatic imine (C=N–C) groups is 2. The molecule has 58 valence electrons. The molecule has 0 aromatic rings. The maximum atomic E-state index is 6.44. The fourth-order valence-electron chi connectivity index (χ4n) is 0.224. The Labute approximate surface area is 62.4 Å². The van der Waals surface area contributed by atoms with Crippen molar-refractivity contribution in [3.63, 3.8) is 0 Å². The first-order valence-electron chi connectivity index (χ1n) is 3.44. The summed E-state index contributed by atoms with van der Waals surface area (Å²) in [7, 11) is 0. The summed E-state index contributed by atoms with van der Waals surface area (Å²) in [4.78, 5) is 7.14. The minimum Gasteiger partial charge on any atom is -0.289 e. The van der Waals surface area contributed by atoms with E-state index in [1.165, 1.54) is 6.34 Å². The number of hydrogen-bond acceptors (Lipinski definition) is 1. The molecule has 3 heteroatoms. The maximum Gasteiger partial charge on any atom is 0.116 e. The summed E-state index contributed by atoms with van der Waals surface area (Å²) in [6.45, 7) is 5.99. The van der Waals surface area contributed by atoms with Gasteiger partial charge in [0, 0.05) is 6.21 Å². The molecule has 0 aromatic heterocycles. The Morgan fingerprint density at radius 1 is 1.30 bits per heavy atom. The maximum absolute atomic E-state index is 6.44. The summed E-state index contributed by atoms with van der Waals surface area (Å²) in [6.07, 6.45) is 4.93. The van der Waals surface area contributed by atoms with E-state index in [4.69, 9.17) is 5.41 Å². The van der Waals surface area contributed by atoms with Gasteiger partial charge in [0.1, 0.15) is 12.7 Å². The van der Waals surface area contributed by atoms with Crippen LogP contribution in [0.4, 0.5) is 0 Å². The molecule has 0 atom stereocenters. The lowest BCUT2D eigenvalue weighted by Gasteiger charge is -1.71. The third-order valence-corrected chi connectivity index (χ3v) is 0.496. The first-order valence-corrected chi connectivity index (χ1v) is 3.44. The Kier molecular flexibility index (Phi) is 18.4. The predicted octanol–water partition coefficient (Wildman–Crippen LogP) is 2.13. The van der Waals surface area contributed by atoms with Crippen LogP contribution in [-0.4, -0.2) is 18.9 Å². The minimum absolute atomic E-state index is 0.907. The molecule has 0 unspecified atom stereocenters. The fraction of sp³-hybridized carbons (Fsp3) is 0.571. The smallest absolute Gasteiger partial charge is 0.116 e. The van der Waals surface area contributed by atoms with Gasteiger partial charge in [0.05, 0.1) is 0 Å². The van der Waals surface area contributed by atoms with Gasteiger partial charge in [0.25, 0.3) is 0 Å². The van der Waals surface area contributed by atoms with Gasteiger partial charge in [-0.3, -0.25) is 5.41 Å². The highest BCUT2D eigenvalue weighted by Gasteiger charge is 1.60. The van der Waals surface area contributed by atoms with E-state index in [0.717, 1.165) is 12.8 Å². The summed E-state index contributed by atoms with van der Waals surface area (Å²) in [5.41, 5.74) is 0. The Balaban J connectivity index is 0. The van der Waals surface area contributed by atoms with Crippen molar-refractivity contribution in [1.29, 1.82) is 5.41 Å². The van der Waals surface area contributed by atoms with E-state index < -0.39 is 0 Å².